The number of hydrogen-bond donors (Lipinski definition) is 2. The molecule has 0 aromatic heterocycles. The molecule has 4 heteroatoms. The van der Waals surface area contributed by atoms with Crippen molar-refractivity contribution in [3.8, 4) is 0 Å². The van der Waals surface area contributed by atoms with Gasteiger partial charge >= 0.3 is 5.97 Å². The molecule has 0 heterocycles. The summed E-state index contributed by atoms with van der Waals surface area (Å²) in [5, 5.41) is 13.5. The molecule has 0 saturated heterocycles. The van der Waals surface area contributed by atoms with Crippen LogP contribution in [0.2, 0.25) is 0 Å². The van der Waals surface area contributed by atoms with Crippen LogP contribution in [0.25, 0.3) is 0 Å². The second kappa shape index (κ2) is 6.90. The maximum Gasteiger partial charge on any atom is 0.307 e. The van der Waals surface area contributed by atoms with E-state index in [2.05, 4.69) is 12.2 Å². The van der Waals surface area contributed by atoms with Crippen molar-refractivity contribution in [3.05, 3.63) is 0 Å². The Balaban J connectivity index is 2.35. The summed E-state index contributed by atoms with van der Waals surface area (Å²) in [5.74, 6) is -0.174. The SMILES string of the molecule is CC(CC(=O)OC(C)(C)C)NCC1(C)CCCCC1O. The molecule has 0 spiro atoms. The Bertz CT molecular complexity index is 324. The van der Waals surface area contributed by atoms with E-state index in [0.717, 1.165) is 25.8 Å². The van der Waals surface area contributed by atoms with E-state index in [0.29, 0.717) is 6.42 Å². The molecule has 1 fully saturated rings. The zero-order chi connectivity index (χ0) is 15.4. The molecule has 1 aliphatic rings. The van der Waals surface area contributed by atoms with Crippen molar-refractivity contribution in [1.29, 1.82) is 0 Å². The molecule has 4 nitrogen and oxygen atoms in total. The van der Waals surface area contributed by atoms with Gasteiger partial charge in [0.15, 0.2) is 0 Å². The van der Waals surface area contributed by atoms with Crippen LogP contribution < -0.4 is 5.32 Å². The highest BCUT2D eigenvalue weighted by Crippen LogP contribution is 2.35. The molecule has 0 amide bonds. The van der Waals surface area contributed by atoms with Gasteiger partial charge in [-0.05, 0) is 40.5 Å². The van der Waals surface area contributed by atoms with Gasteiger partial charge in [0.05, 0.1) is 12.5 Å². The number of hydrogen-bond acceptors (Lipinski definition) is 4. The molecular weight excluding hydrogens is 254 g/mol. The van der Waals surface area contributed by atoms with Crippen molar-refractivity contribution in [2.24, 2.45) is 5.41 Å². The van der Waals surface area contributed by atoms with E-state index in [1.807, 2.05) is 27.7 Å². The van der Waals surface area contributed by atoms with Gasteiger partial charge in [-0.3, -0.25) is 4.79 Å². The molecule has 2 N–H and O–H groups in total. The van der Waals surface area contributed by atoms with Crippen molar-refractivity contribution < 1.29 is 14.6 Å². The third kappa shape index (κ3) is 5.80. The fraction of sp³-hybridized carbons (Fsp3) is 0.938. The summed E-state index contributed by atoms with van der Waals surface area (Å²) < 4.78 is 5.32. The first-order valence-electron chi connectivity index (χ1n) is 7.76. The van der Waals surface area contributed by atoms with E-state index in [-0.39, 0.29) is 23.5 Å². The van der Waals surface area contributed by atoms with Gasteiger partial charge in [-0.2, -0.15) is 0 Å². The highest BCUT2D eigenvalue weighted by atomic mass is 16.6. The smallest absolute Gasteiger partial charge is 0.307 e. The summed E-state index contributed by atoms with van der Waals surface area (Å²) in [6, 6.07) is 0.0656. The second-order valence-electron chi connectivity index (χ2n) is 7.49. The molecule has 0 radical (unpaired) electrons. The summed E-state index contributed by atoms with van der Waals surface area (Å²) in [5.41, 5.74) is -0.497. The largest absolute Gasteiger partial charge is 0.460 e. The Kier molecular flexibility index (Phi) is 6.02. The summed E-state index contributed by atoms with van der Waals surface area (Å²) in [7, 11) is 0. The number of rotatable bonds is 5. The minimum absolute atomic E-state index is 0.0656. The summed E-state index contributed by atoms with van der Waals surface area (Å²) in [6.07, 6.45) is 4.35. The lowest BCUT2D eigenvalue weighted by atomic mass is 9.73. The lowest BCUT2D eigenvalue weighted by molar-refractivity contribution is -0.155. The van der Waals surface area contributed by atoms with E-state index in [1.165, 1.54) is 6.42 Å². The van der Waals surface area contributed by atoms with Crippen LogP contribution in [-0.2, 0) is 9.53 Å². The normalized spacial score (nSPS) is 29.0. The van der Waals surface area contributed by atoms with Gasteiger partial charge in [0.1, 0.15) is 5.60 Å². The number of aliphatic hydroxyl groups excluding tert-OH is 1. The van der Waals surface area contributed by atoms with Crippen LogP contribution in [-0.4, -0.2) is 35.4 Å². The molecule has 3 atom stereocenters. The number of esters is 1. The van der Waals surface area contributed by atoms with Crippen molar-refractivity contribution >= 4 is 5.97 Å². The molecule has 118 valence electrons. The molecule has 20 heavy (non-hydrogen) atoms. The highest BCUT2D eigenvalue weighted by Gasteiger charge is 2.35. The van der Waals surface area contributed by atoms with Crippen LogP contribution in [0.5, 0.6) is 0 Å². The first-order chi connectivity index (χ1) is 9.12. The van der Waals surface area contributed by atoms with Crippen molar-refractivity contribution in [1.82, 2.24) is 5.32 Å². The first kappa shape index (κ1) is 17.4. The van der Waals surface area contributed by atoms with Crippen LogP contribution in [0.1, 0.15) is 66.7 Å². The number of carbonyl (C=O) groups excluding carboxylic acids is 1. The Morgan fingerprint density at radius 3 is 2.65 bits per heavy atom. The molecule has 0 aromatic rings. The summed E-state index contributed by atoms with van der Waals surface area (Å²) >= 11 is 0. The zero-order valence-corrected chi connectivity index (χ0v) is 13.7. The van der Waals surface area contributed by atoms with E-state index in [9.17, 15) is 9.90 Å². The van der Waals surface area contributed by atoms with Gasteiger partial charge < -0.3 is 15.2 Å². The minimum Gasteiger partial charge on any atom is -0.460 e. The molecule has 0 bridgehead atoms. The average molecular weight is 285 g/mol. The Hall–Kier alpha value is -0.610. The van der Waals surface area contributed by atoms with Crippen LogP contribution in [0.4, 0.5) is 0 Å². The van der Waals surface area contributed by atoms with E-state index < -0.39 is 5.60 Å². The molecular formula is C16H31NO3. The van der Waals surface area contributed by atoms with Gasteiger partial charge in [-0.15, -0.1) is 0 Å². The lowest BCUT2D eigenvalue weighted by Gasteiger charge is -2.39. The molecule has 1 rings (SSSR count). The maximum absolute atomic E-state index is 11.8. The van der Waals surface area contributed by atoms with Crippen molar-refractivity contribution in [3.63, 3.8) is 0 Å². The van der Waals surface area contributed by atoms with Crippen molar-refractivity contribution in [2.45, 2.75) is 84.5 Å². The highest BCUT2D eigenvalue weighted by molar-refractivity contribution is 5.70. The van der Waals surface area contributed by atoms with E-state index in [1.54, 1.807) is 0 Å². The number of carbonyl (C=O) groups is 1. The Labute approximate surface area is 123 Å². The van der Waals surface area contributed by atoms with Gasteiger partial charge in [-0.1, -0.05) is 19.8 Å². The fourth-order valence-electron chi connectivity index (χ4n) is 2.70. The number of aliphatic hydroxyl groups is 1. The summed E-state index contributed by atoms with van der Waals surface area (Å²) in [4.78, 5) is 11.8. The van der Waals surface area contributed by atoms with Gasteiger partial charge in [0.25, 0.3) is 0 Å². The monoisotopic (exact) mass is 285 g/mol. The average Bonchev–Trinajstić information content (AvgIpc) is 2.28. The van der Waals surface area contributed by atoms with Gasteiger partial charge in [0.2, 0.25) is 0 Å². The third-order valence-corrected chi connectivity index (χ3v) is 4.03. The molecule has 0 aromatic carbocycles. The molecule has 1 saturated carbocycles. The maximum atomic E-state index is 11.8. The van der Waals surface area contributed by atoms with Gasteiger partial charge in [-0.25, -0.2) is 0 Å². The molecule has 1 aliphatic carbocycles. The van der Waals surface area contributed by atoms with Crippen molar-refractivity contribution in [2.75, 3.05) is 6.54 Å². The standard InChI is InChI=1S/C16H31NO3/c1-12(10-14(19)20-15(2,3)4)17-11-16(5)9-7-6-8-13(16)18/h12-13,17-18H,6-11H2,1-5H3. The molecule has 0 aliphatic heterocycles. The topological polar surface area (TPSA) is 58.6 Å². The van der Waals surface area contributed by atoms with Gasteiger partial charge in [0, 0.05) is 18.0 Å². The quantitative estimate of drug-likeness (QED) is 0.762. The van der Waals surface area contributed by atoms with Crippen LogP contribution in [0, 0.1) is 5.41 Å². The first-order valence-corrected chi connectivity index (χ1v) is 7.76. The summed E-state index contributed by atoms with van der Waals surface area (Å²) in [6.45, 7) is 10.5. The predicted octanol–water partition coefficient (Wildman–Crippen LogP) is 2.64. The molecule has 3 unspecified atom stereocenters. The number of nitrogens with one attached hydrogen (secondary N) is 1. The van der Waals surface area contributed by atoms with Crippen LogP contribution in [0.15, 0.2) is 0 Å². The predicted molar refractivity (Wildman–Crippen MR) is 80.5 cm³/mol. The van der Waals surface area contributed by atoms with Crippen LogP contribution in [0.3, 0.4) is 0 Å². The van der Waals surface area contributed by atoms with E-state index >= 15 is 0 Å². The van der Waals surface area contributed by atoms with E-state index in [4.69, 9.17) is 4.74 Å². The number of ether oxygens (including phenoxy) is 1. The Morgan fingerprint density at radius 2 is 2.10 bits per heavy atom. The van der Waals surface area contributed by atoms with Crippen LogP contribution >= 0.6 is 0 Å². The Morgan fingerprint density at radius 1 is 1.45 bits per heavy atom. The zero-order valence-electron chi connectivity index (χ0n) is 13.7. The minimum atomic E-state index is -0.428. The second-order valence-corrected chi connectivity index (χ2v) is 7.49. The fourth-order valence-corrected chi connectivity index (χ4v) is 2.70. The lowest BCUT2D eigenvalue weighted by Crippen LogP contribution is -2.46. The third-order valence-electron chi connectivity index (χ3n) is 4.03.